The molecule has 0 saturated carbocycles. The van der Waals surface area contributed by atoms with Crippen LogP contribution in [-0.2, 0) is 0 Å². The second-order valence-corrected chi connectivity index (χ2v) is 14.7. The van der Waals surface area contributed by atoms with E-state index in [0.717, 1.165) is 0 Å². The molecule has 0 aromatic carbocycles. The van der Waals surface area contributed by atoms with E-state index in [1.807, 2.05) is 0 Å². The maximum absolute atomic E-state index is 3.75. The molecule has 1 fully saturated rings. The summed E-state index contributed by atoms with van der Waals surface area (Å²) in [6, 6.07) is 3.06. The van der Waals surface area contributed by atoms with Crippen molar-refractivity contribution in [1.29, 1.82) is 0 Å². The van der Waals surface area contributed by atoms with Crippen LogP contribution in [0.25, 0.3) is 0 Å². The van der Waals surface area contributed by atoms with Gasteiger partial charge in [-0.1, -0.05) is 37.3 Å². The summed E-state index contributed by atoms with van der Waals surface area (Å²) in [5, 5.41) is 0. The highest BCUT2D eigenvalue weighted by Gasteiger charge is 2.42. The number of hydrogen-bond donors (Lipinski definition) is 0. The molecule has 0 N–H and O–H groups in total. The molecule has 1 radical (unpaired) electrons. The maximum Gasteiger partial charge on any atom is 0.129 e. The molecular formula is C6H14BrSi2. The van der Waals surface area contributed by atoms with E-state index in [1.54, 1.807) is 11.3 Å². The Balaban J connectivity index is 2.36. The first-order valence-corrected chi connectivity index (χ1v) is 10.7. The lowest BCUT2D eigenvalue weighted by atomic mass is 10.9. The molecule has 0 atom stereocenters. The minimum Gasteiger partial charge on any atom is -0.129 e. The topological polar surface area (TPSA) is 0 Å². The van der Waals surface area contributed by atoms with Crippen molar-refractivity contribution in [3.8, 4) is 0 Å². The zero-order valence-corrected chi connectivity index (χ0v) is 9.79. The third kappa shape index (κ3) is 1.49. The van der Waals surface area contributed by atoms with Crippen LogP contribution >= 0.6 is 15.3 Å². The van der Waals surface area contributed by atoms with Crippen molar-refractivity contribution in [3.63, 3.8) is 0 Å². The van der Waals surface area contributed by atoms with Gasteiger partial charge in [-0.2, -0.15) is 0 Å². The highest BCUT2D eigenvalue weighted by molar-refractivity contribution is 9.24. The SMILES string of the molecule is CC[Si]1(CC)C[Si](Br)C1. The maximum atomic E-state index is 3.75. The first-order valence-electron chi connectivity index (χ1n) is 3.72. The fourth-order valence-electron chi connectivity index (χ4n) is 1.51. The summed E-state index contributed by atoms with van der Waals surface area (Å²) in [7, 11) is -0.505. The summed E-state index contributed by atoms with van der Waals surface area (Å²) in [6.07, 6.45) is 0. The Hall–Kier alpha value is 0.914. The fraction of sp³-hybridized carbons (Fsp3) is 1.00. The third-order valence-electron chi connectivity index (χ3n) is 2.63. The van der Waals surface area contributed by atoms with Gasteiger partial charge in [0, 0.05) is 8.07 Å². The van der Waals surface area contributed by atoms with Crippen LogP contribution < -0.4 is 0 Å². The first-order chi connectivity index (χ1) is 4.22. The Bertz CT molecular complexity index is 93.2. The molecule has 9 heavy (non-hydrogen) atoms. The van der Waals surface area contributed by atoms with Gasteiger partial charge in [-0.15, -0.1) is 15.3 Å². The average molecular weight is 222 g/mol. The molecule has 1 aliphatic heterocycles. The zero-order valence-electron chi connectivity index (χ0n) is 6.21. The Labute approximate surface area is 68.2 Å². The molecule has 3 heteroatoms. The molecular weight excluding hydrogens is 208 g/mol. The molecule has 0 aromatic rings. The molecule has 0 unspecified atom stereocenters. The monoisotopic (exact) mass is 221 g/mol. The van der Waals surface area contributed by atoms with Crippen molar-refractivity contribution in [2.75, 3.05) is 0 Å². The Morgan fingerprint density at radius 3 is 1.89 bits per heavy atom. The van der Waals surface area contributed by atoms with E-state index in [4.69, 9.17) is 0 Å². The van der Waals surface area contributed by atoms with Crippen molar-refractivity contribution in [3.05, 3.63) is 0 Å². The van der Waals surface area contributed by atoms with Crippen LogP contribution in [0.1, 0.15) is 13.8 Å². The minimum absolute atomic E-state index is 0.0509. The lowest BCUT2D eigenvalue weighted by molar-refractivity contribution is 1.19. The van der Waals surface area contributed by atoms with Crippen LogP contribution in [-0.4, -0.2) is 15.5 Å². The van der Waals surface area contributed by atoms with Crippen LogP contribution in [0.15, 0.2) is 0 Å². The van der Waals surface area contributed by atoms with Gasteiger partial charge in [-0.05, 0) is 0 Å². The van der Waals surface area contributed by atoms with Crippen molar-refractivity contribution < 1.29 is 0 Å². The summed E-state index contributed by atoms with van der Waals surface area (Å²) in [6.45, 7) is 4.77. The lowest BCUT2D eigenvalue weighted by Gasteiger charge is -2.41. The van der Waals surface area contributed by atoms with E-state index in [1.165, 1.54) is 12.1 Å². The van der Waals surface area contributed by atoms with Gasteiger partial charge >= 0.3 is 0 Å². The zero-order chi connectivity index (χ0) is 6.91. The van der Waals surface area contributed by atoms with E-state index < -0.39 is 8.07 Å². The van der Waals surface area contributed by atoms with Gasteiger partial charge in [-0.25, -0.2) is 0 Å². The van der Waals surface area contributed by atoms with Gasteiger partial charge in [0.05, 0.1) is 0 Å². The van der Waals surface area contributed by atoms with Gasteiger partial charge in [0.15, 0.2) is 0 Å². The number of rotatable bonds is 2. The molecule has 0 aliphatic carbocycles. The minimum atomic E-state index is -0.555. The average Bonchev–Trinajstić information content (AvgIpc) is 1.81. The summed E-state index contributed by atoms with van der Waals surface area (Å²) in [5.74, 6) is 0. The van der Waals surface area contributed by atoms with E-state index in [9.17, 15) is 0 Å². The normalized spacial score (nSPS) is 25.7. The van der Waals surface area contributed by atoms with Crippen LogP contribution in [0.5, 0.6) is 0 Å². The molecule has 53 valence electrons. The van der Waals surface area contributed by atoms with Crippen LogP contribution in [0.4, 0.5) is 0 Å². The molecule has 1 heterocycles. The molecule has 0 bridgehead atoms. The van der Waals surface area contributed by atoms with E-state index in [2.05, 4.69) is 29.1 Å². The molecule has 1 rings (SSSR count). The second kappa shape index (κ2) is 2.88. The smallest absolute Gasteiger partial charge is 0.129 e. The number of hydrogen-bond acceptors (Lipinski definition) is 0. The van der Waals surface area contributed by atoms with E-state index in [-0.39, 0.29) is 7.42 Å². The molecule has 0 nitrogen and oxygen atoms in total. The van der Waals surface area contributed by atoms with Gasteiger partial charge in [0.1, 0.15) is 7.42 Å². The Morgan fingerprint density at radius 1 is 1.33 bits per heavy atom. The Kier molecular flexibility index (Phi) is 2.57. The van der Waals surface area contributed by atoms with Crippen LogP contribution in [0.2, 0.25) is 23.4 Å². The highest BCUT2D eigenvalue weighted by Crippen LogP contribution is 2.40. The summed E-state index contributed by atoms with van der Waals surface area (Å²) in [4.78, 5) is 0. The molecule has 1 saturated heterocycles. The fourth-order valence-corrected chi connectivity index (χ4v) is 22.8. The van der Waals surface area contributed by atoms with Crippen LogP contribution in [0, 0.1) is 0 Å². The van der Waals surface area contributed by atoms with Gasteiger partial charge in [0.25, 0.3) is 0 Å². The summed E-state index contributed by atoms with van der Waals surface area (Å²) in [5.41, 5.74) is 3.29. The van der Waals surface area contributed by atoms with E-state index >= 15 is 0 Å². The van der Waals surface area contributed by atoms with Crippen molar-refractivity contribution in [1.82, 2.24) is 0 Å². The quantitative estimate of drug-likeness (QED) is 0.498. The standard InChI is InChI=1S/C6H14BrSi2/c1-3-9(4-2)5-8(7)6-9/h3-6H2,1-2H3. The number of halogens is 1. The highest BCUT2D eigenvalue weighted by atomic mass is 79.9. The van der Waals surface area contributed by atoms with Crippen molar-refractivity contribution >= 4 is 30.8 Å². The van der Waals surface area contributed by atoms with Gasteiger partial charge in [-0.3, -0.25) is 0 Å². The Morgan fingerprint density at radius 2 is 1.78 bits per heavy atom. The van der Waals surface area contributed by atoms with Gasteiger partial charge in [0.2, 0.25) is 0 Å². The largest absolute Gasteiger partial charge is 0.129 e. The molecule has 0 aromatic heterocycles. The summed E-state index contributed by atoms with van der Waals surface area (Å²) < 4.78 is 0. The predicted molar refractivity (Wildman–Crippen MR) is 51.0 cm³/mol. The summed E-state index contributed by atoms with van der Waals surface area (Å²) >= 11 is 3.75. The lowest BCUT2D eigenvalue weighted by Crippen LogP contribution is -2.49. The predicted octanol–water partition coefficient (Wildman–Crippen LogP) is 2.95. The second-order valence-electron chi connectivity index (χ2n) is 3.08. The first kappa shape index (κ1) is 8.01. The van der Waals surface area contributed by atoms with E-state index in [0.29, 0.717) is 0 Å². The van der Waals surface area contributed by atoms with Crippen molar-refractivity contribution in [2.45, 2.75) is 37.3 Å². The molecule has 0 spiro atoms. The van der Waals surface area contributed by atoms with Crippen molar-refractivity contribution in [2.24, 2.45) is 0 Å². The third-order valence-corrected chi connectivity index (χ3v) is 19.7. The molecule has 0 amide bonds. The van der Waals surface area contributed by atoms with Crippen LogP contribution in [0.3, 0.4) is 0 Å². The van der Waals surface area contributed by atoms with Gasteiger partial charge < -0.3 is 0 Å². The molecule has 1 aliphatic rings.